The van der Waals surface area contributed by atoms with E-state index in [1.54, 1.807) is 0 Å². The number of hydrogen-bond donors (Lipinski definition) is 2. The third kappa shape index (κ3) is 4.45. The van der Waals surface area contributed by atoms with Gasteiger partial charge in [-0.25, -0.2) is 0 Å². The number of nitrogens with one attached hydrogen (secondary N) is 1. The zero-order valence-corrected chi connectivity index (χ0v) is 12.4. The molecule has 0 bridgehead atoms. The second kappa shape index (κ2) is 6.90. The van der Waals surface area contributed by atoms with Crippen molar-refractivity contribution in [3.05, 3.63) is 0 Å². The summed E-state index contributed by atoms with van der Waals surface area (Å²) in [5.41, 5.74) is 1.28. The quantitative estimate of drug-likeness (QED) is 0.530. The molecule has 0 saturated heterocycles. The average Bonchev–Trinajstić information content (AvgIpc) is 3.36. The third-order valence-corrected chi connectivity index (χ3v) is 4.68. The molecule has 0 radical (unpaired) electrons. The second-order valence-corrected chi connectivity index (χ2v) is 6.76. The van der Waals surface area contributed by atoms with Crippen LogP contribution in [0.2, 0.25) is 0 Å². The van der Waals surface area contributed by atoms with E-state index in [9.17, 15) is 5.11 Å². The Morgan fingerprint density at radius 1 is 1.05 bits per heavy atom. The van der Waals surface area contributed by atoms with E-state index in [4.69, 9.17) is 4.84 Å². The Bertz CT molecular complexity index is 317. The van der Waals surface area contributed by atoms with Crippen molar-refractivity contribution in [1.29, 1.82) is 0 Å². The number of hydrogen-bond acceptors (Lipinski definition) is 4. The van der Waals surface area contributed by atoms with Crippen molar-refractivity contribution < 1.29 is 9.94 Å². The van der Waals surface area contributed by atoms with Crippen LogP contribution in [0.4, 0.5) is 0 Å². The van der Waals surface area contributed by atoms with Crippen LogP contribution in [0.3, 0.4) is 0 Å². The van der Waals surface area contributed by atoms with Crippen LogP contribution in [0, 0.1) is 11.8 Å². The first-order chi connectivity index (χ1) is 9.83. The number of oxime groups is 1. The van der Waals surface area contributed by atoms with Crippen molar-refractivity contribution in [3.8, 4) is 0 Å². The Hall–Kier alpha value is -0.610. The first-order valence-electron chi connectivity index (χ1n) is 8.44. The Morgan fingerprint density at radius 2 is 1.70 bits per heavy atom. The molecule has 4 nitrogen and oxygen atoms in total. The van der Waals surface area contributed by atoms with E-state index in [1.807, 2.05) is 0 Å². The normalized spacial score (nSPS) is 25.2. The molecule has 3 fully saturated rings. The number of aliphatic hydroxyl groups is 1. The largest absolute Gasteiger partial charge is 0.393 e. The van der Waals surface area contributed by atoms with E-state index >= 15 is 0 Å². The van der Waals surface area contributed by atoms with E-state index in [-0.39, 0.29) is 0 Å². The highest BCUT2D eigenvalue weighted by atomic mass is 16.6. The van der Waals surface area contributed by atoms with E-state index in [0.717, 1.165) is 0 Å². The molecule has 0 spiro atoms. The highest BCUT2D eigenvalue weighted by Gasteiger charge is 2.38. The fourth-order valence-corrected chi connectivity index (χ4v) is 3.11. The molecule has 0 aliphatic heterocycles. The molecule has 2 N–H and O–H groups in total. The molecule has 0 amide bonds. The van der Waals surface area contributed by atoms with Gasteiger partial charge >= 0.3 is 0 Å². The molecule has 3 saturated carbocycles. The van der Waals surface area contributed by atoms with Gasteiger partial charge in [-0.2, -0.15) is 0 Å². The second-order valence-electron chi connectivity index (χ2n) is 6.76. The summed E-state index contributed by atoms with van der Waals surface area (Å²) in [5, 5.41) is 17.7. The van der Waals surface area contributed by atoms with Gasteiger partial charge in [0.1, 0.15) is 12.7 Å². The van der Waals surface area contributed by atoms with Crippen molar-refractivity contribution in [2.45, 2.75) is 69.9 Å². The maximum atomic E-state index is 9.94. The summed E-state index contributed by atoms with van der Waals surface area (Å²) in [4.78, 5) is 5.40. The smallest absolute Gasteiger partial charge is 0.144 e. The minimum absolute atomic E-state index is 0.322. The molecular formula is C16H28N2O2. The van der Waals surface area contributed by atoms with Gasteiger partial charge in [0, 0.05) is 24.4 Å². The van der Waals surface area contributed by atoms with E-state index in [0.29, 0.717) is 31.0 Å². The van der Waals surface area contributed by atoms with Gasteiger partial charge in [-0.05, 0) is 38.5 Å². The molecule has 0 heterocycles. The van der Waals surface area contributed by atoms with Crippen LogP contribution in [0.15, 0.2) is 5.16 Å². The zero-order valence-electron chi connectivity index (χ0n) is 12.4. The molecule has 0 aromatic rings. The standard InChI is InChI=1S/C16H28N2O2/c19-15(10-17-14-4-2-1-3-5-14)11-20-18-16(12-6-7-12)13-8-9-13/h12-15,17,19H,1-11H2. The van der Waals surface area contributed by atoms with Gasteiger partial charge in [-0.1, -0.05) is 24.4 Å². The molecule has 3 rings (SSSR count). The highest BCUT2D eigenvalue weighted by molar-refractivity contribution is 5.92. The molecule has 0 aromatic carbocycles. The van der Waals surface area contributed by atoms with Crippen molar-refractivity contribution >= 4 is 5.71 Å². The number of nitrogens with zero attached hydrogens (tertiary/aromatic N) is 1. The van der Waals surface area contributed by atoms with Gasteiger partial charge in [-0.15, -0.1) is 0 Å². The van der Waals surface area contributed by atoms with Crippen molar-refractivity contribution in [3.63, 3.8) is 0 Å². The minimum Gasteiger partial charge on any atom is -0.393 e. The molecule has 3 aliphatic carbocycles. The van der Waals surface area contributed by atoms with Gasteiger partial charge in [0.05, 0.1) is 5.71 Å². The lowest BCUT2D eigenvalue weighted by atomic mass is 9.95. The fraction of sp³-hybridized carbons (Fsp3) is 0.938. The lowest BCUT2D eigenvalue weighted by Gasteiger charge is -2.24. The van der Waals surface area contributed by atoms with Gasteiger partial charge < -0.3 is 15.3 Å². The van der Waals surface area contributed by atoms with Crippen molar-refractivity contribution in [2.75, 3.05) is 13.2 Å². The van der Waals surface area contributed by atoms with Crippen molar-refractivity contribution in [1.82, 2.24) is 5.32 Å². The summed E-state index contributed by atoms with van der Waals surface area (Å²) in [7, 11) is 0. The molecule has 114 valence electrons. The third-order valence-electron chi connectivity index (χ3n) is 4.68. The average molecular weight is 280 g/mol. The van der Waals surface area contributed by atoms with Crippen molar-refractivity contribution in [2.24, 2.45) is 17.0 Å². The Morgan fingerprint density at radius 3 is 2.30 bits per heavy atom. The van der Waals surface area contributed by atoms with Crippen LogP contribution in [0.5, 0.6) is 0 Å². The summed E-state index contributed by atoms with van der Waals surface area (Å²) in [6, 6.07) is 0.593. The van der Waals surface area contributed by atoms with Crippen LogP contribution in [0.1, 0.15) is 57.8 Å². The molecule has 4 heteroatoms. The first-order valence-corrected chi connectivity index (χ1v) is 8.44. The maximum Gasteiger partial charge on any atom is 0.144 e. The fourth-order valence-electron chi connectivity index (χ4n) is 3.11. The lowest BCUT2D eigenvalue weighted by molar-refractivity contribution is 0.0375. The molecule has 0 aromatic heterocycles. The monoisotopic (exact) mass is 280 g/mol. The van der Waals surface area contributed by atoms with Gasteiger partial charge in [0.25, 0.3) is 0 Å². The highest BCUT2D eigenvalue weighted by Crippen LogP contribution is 2.42. The summed E-state index contributed by atoms with van der Waals surface area (Å²) in [6.07, 6.45) is 11.2. The molecule has 1 unspecified atom stereocenters. The predicted octanol–water partition coefficient (Wildman–Crippen LogP) is 2.46. The van der Waals surface area contributed by atoms with E-state index in [1.165, 1.54) is 63.5 Å². The van der Waals surface area contributed by atoms with Gasteiger partial charge in [0.15, 0.2) is 0 Å². The Labute approximate surface area is 122 Å². The maximum absolute atomic E-state index is 9.94. The Kier molecular flexibility index (Phi) is 4.94. The van der Waals surface area contributed by atoms with Crippen LogP contribution in [-0.2, 0) is 4.84 Å². The predicted molar refractivity (Wildman–Crippen MR) is 79.7 cm³/mol. The summed E-state index contributed by atoms with van der Waals surface area (Å²) >= 11 is 0. The molecular weight excluding hydrogens is 252 g/mol. The lowest BCUT2D eigenvalue weighted by Crippen LogP contribution is -2.38. The van der Waals surface area contributed by atoms with Crippen LogP contribution in [-0.4, -0.2) is 36.1 Å². The SMILES string of the molecule is OC(CNC1CCCCC1)CON=C(C1CC1)C1CC1. The van der Waals surface area contributed by atoms with Gasteiger partial charge in [0.2, 0.25) is 0 Å². The summed E-state index contributed by atoms with van der Waals surface area (Å²) < 4.78 is 0. The molecule has 3 aliphatic rings. The minimum atomic E-state index is -0.444. The Balaban J connectivity index is 1.32. The molecule has 1 atom stereocenters. The van der Waals surface area contributed by atoms with Gasteiger partial charge in [-0.3, -0.25) is 0 Å². The zero-order chi connectivity index (χ0) is 13.8. The molecule has 20 heavy (non-hydrogen) atoms. The van der Waals surface area contributed by atoms with Crippen LogP contribution < -0.4 is 5.32 Å². The van der Waals surface area contributed by atoms with E-state index < -0.39 is 6.10 Å². The van der Waals surface area contributed by atoms with Crippen LogP contribution in [0.25, 0.3) is 0 Å². The van der Waals surface area contributed by atoms with E-state index in [2.05, 4.69) is 10.5 Å². The topological polar surface area (TPSA) is 53.8 Å². The summed E-state index contributed by atoms with van der Waals surface area (Å²) in [6.45, 7) is 0.949. The first kappa shape index (κ1) is 14.3. The number of rotatable bonds is 8. The number of aliphatic hydroxyl groups excluding tert-OH is 1. The summed E-state index contributed by atoms with van der Waals surface area (Å²) in [5.74, 6) is 1.39. The van der Waals surface area contributed by atoms with Crippen LogP contribution >= 0.6 is 0 Å².